The highest BCUT2D eigenvalue weighted by molar-refractivity contribution is 5.16. The van der Waals surface area contributed by atoms with Crippen molar-refractivity contribution in [1.29, 1.82) is 0 Å². The molecule has 1 rings (SSSR count). The summed E-state index contributed by atoms with van der Waals surface area (Å²) < 4.78 is 4.79. The maximum Gasteiger partial charge on any atom is 0.219 e. The van der Waals surface area contributed by atoms with Crippen LogP contribution in [0.2, 0.25) is 0 Å². The van der Waals surface area contributed by atoms with Crippen molar-refractivity contribution in [3.05, 3.63) is 24.0 Å². The molecule has 3 heteroatoms. The minimum atomic E-state index is -0.841. The summed E-state index contributed by atoms with van der Waals surface area (Å²) in [7, 11) is 0. The highest BCUT2D eigenvalue weighted by atomic mass is 16.6. The van der Waals surface area contributed by atoms with E-state index in [0.717, 1.165) is 5.57 Å². The van der Waals surface area contributed by atoms with Gasteiger partial charge in [0.1, 0.15) is 0 Å². The van der Waals surface area contributed by atoms with Crippen molar-refractivity contribution < 1.29 is 14.9 Å². The fourth-order valence-electron chi connectivity index (χ4n) is 0.935. The van der Waals surface area contributed by atoms with E-state index in [1.54, 1.807) is 12.2 Å². The highest BCUT2D eigenvalue weighted by Crippen LogP contribution is 2.15. The number of aliphatic hydroxyl groups is 1. The molecule has 0 aliphatic carbocycles. The van der Waals surface area contributed by atoms with Crippen LogP contribution in [0.4, 0.5) is 0 Å². The van der Waals surface area contributed by atoms with Gasteiger partial charge in [-0.25, -0.2) is 5.11 Å². The smallest absolute Gasteiger partial charge is 0.219 e. The summed E-state index contributed by atoms with van der Waals surface area (Å²) in [6, 6.07) is 0. The maximum absolute atomic E-state index is 10.1. The van der Waals surface area contributed by atoms with Gasteiger partial charge in [0, 0.05) is 0 Å². The van der Waals surface area contributed by atoms with E-state index in [1.807, 2.05) is 0 Å². The first-order chi connectivity index (χ1) is 5.34. The Hall–Kier alpha value is -0.800. The van der Waals surface area contributed by atoms with E-state index in [-0.39, 0.29) is 6.61 Å². The summed E-state index contributed by atoms with van der Waals surface area (Å²) >= 11 is 0. The third-order valence-electron chi connectivity index (χ3n) is 1.52. The van der Waals surface area contributed by atoms with Gasteiger partial charge >= 0.3 is 0 Å². The van der Waals surface area contributed by atoms with Crippen LogP contribution in [-0.2, 0) is 9.84 Å². The van der Waals surface area contributed by atoms with Crippen LogP contribution in [0.3, 0.4) is 0 Å². The molecule has 0 aromatic heterocycles. The molecule has 1 radical (unpaired) electrons. The molecule has 1 heterocycles. The van der Waals surface area contributed by atoms with Gasteiger partial charge in [-0.15, -0.1) is 0 Å². The van der Waals surface area contributed by atoms with Crippen molar-refractivity contribution in [3.63, 3.8) is 0 Å². The van der Waals surface area contributed by atoms with Gasteiger partial charge in [0.15, 0.2) is 0 Å². The molecule has 0 saturated heterocycles. The molecule has 1 aliphatic rings. The summed E-state index contributed by atoms with van der Waals surface area (Å²) in [5.41, 5.74) is 0.781. The van der Waals surface area contributed by atoms with Crippen LogP contribution in [-0.4, -0.2) is 18.0 Å². The monoisotopic (exact) mass is 155 g/mol. The topological polar surface area (TPSA) is 49.4 Å². The van der Waals surface area contributed by atoms with E-state index >= 15 is 0 Å². The Labute approximate surface area is 65.6 Å². The number of rotatable bonds is 3. The Balaban J connectivity index is 2.40. The fourth-order valence-corrected chi connectivity index (χ4v) is 0.935. The van der Waals surface area contributed by atoms with Crippen molar-refractivity contribution in [2.24, 2.45) is 0 Å². The predicted molar refractivity (Wildman–Crippen MR) is 39.1 cm³/mol. The van der Waals surface area contributed by atoms with Gasteiger partial charge in [-0.1, -0.05) is 6.08 Å². The van der Waals surface area contributed by atoms with Crippen molar-refractivity contribution in [1.82, 2.24) is 0 Å². The van der Waals surface area contributed by atoms with Gasteiger partial charge in [0.2, 0.25) is 6.29 Å². The van der Waals surface area contributed by atoms with E-state index in [2.05, 4.69) is 0 Å². The van der Waals surface area contributed by atoms with Gasteiger partial charge in [-0.2, -0.15) is 0 Å². The summed E-state index contributed by atoms with van der Waals surface area (Å²) in [4.78, 5) is 0. The van der Waals surface area contributed by atoms with Crippen molar-refractivity contribution in [3.8, 4) is 0 Å². The molecule has 0 fully saturated rings. The summed E-state index contributed by atoms with van der Waals surface area (Å²) in [6.45, 7) is -0.103. The van der Waals surface area contributed by atoms with Crippen LogP contribution in [0, 0.1) is 0 Å². The standard InChI is InChI=1S/C8H11O3/c9-5-1-3-7-4-2-6-11-8(7)10/h2,4,6,8,10H,1,3,5H2. The molecule has 11 heavy (non-hydrogen) atoms. The van der Waals surface area contributed by atoms with Crippen LogP contribution < -0.4 is 0 Å². The Morgan fingerprint density at radius 1 is 1.64 bits per heavy atom. The Morgan fingerprint density at radius 3 is 3.09 bits per heavy atom. The minimum Gasteiger partial charge on any atom is -0.469 e. The molecule has 0 bridgehead atoms. The number of allylic oxidation sites excluding steroid dienone is 2. The average Bonchev–Trinajstić information content (AvgIpc) is 2.03. The molecule has 1 aliphatic heterocycles. The zero-order valence-electron chi connectivity index (χ0n) is 6.19. The van der Waals surface area contributed by atoms with E-state index in [0.29, 0.717) is 12.8 Å². The highest BCUT2D eigenvalue weighted by Gasteiger charge is 2.11. The second kappa shape index (κ2) is 4.16. The largest absolute Gasteiger partial charge is 0.469 e. The predicted octanol–water partition coefficient (Wildman–Crippen LogP) is 0.986. The molecule has 1 atom stereocenters. The van der Waals surface area contributed by atoms with Gasteiger partial charge in [0.05, 0.1) is 12.9 Å². The fraction of sp³-hybridized carbons (Fsp3) is 0.500. The summed E-state index contributed by atoms with van der Waals surface area (Å²) in [5, 5.41) is 19.3. The van der Waals surface area contributed by atoms with Crippen LogP contribution in [0.1, 0.15) is 12.8 Å². The number of aliphatic hydroxyl groups excluding tert-OH is 1. The van der Waals surface area contributed by atoms with E-state index in [1.165, 1.54) is 6.26 Å². The van der Waals surface area contributed by atoms with E-state index < -0.39 is 6.29 Å². The Kier molecular flexibility index (Phi) is 3.14. The van der Waals surface area contributed by atoms with Crippen LogP contribution in [0.15, 0.2) is 24.0 Å². The third kappa shape index (κ3) is 2.37. The molecule has 1 unspecified atom stereocenters. The van der Waals surface area contributed by atoms with Crippen molar-refractivity contribution in [2.75, 3.05) is 6.61 Å². The van der Waals surface area contributed by atoms with Crippen molar-refractivity contribution in [2.45, 2.75) is 19.1 Å². The Bertz CT molecular complexity index is 172. The molecule has 0 aromatic rings. The summed E-state index contributed by atoms with van der Waals surface area (Å²) in [5.74, 6) is 0. The lowest BCUT2D eigenvalue weighted by atomic mass is 10.1. The first-order valence-corrected chi connectivity index (χ1v) is 3.62. The van der Waals surface area contributed by atoms with Crippen LogP contribution in [0.5, 0.6) is 0 Å². The van der Waals surface area contributed by atoms with Gasteiger partial charge in [0.25, 0.3) is 0 Å². The van der Waals surface area contributed by atoms with Gasteiger partial charge in [-0.3, -0.25) is 0 Å². The van der Waals surface area contributed by atoms with E-state index in [4.69, 9.17) is 9.84 Å². The molecule has 3 nitrogen and oxygen atoms in total. The normalized spacial score (nSPS) is 22.7. The molecule has 0 spiro atoms. The molecule has 1 N–H and O–H groups in total. The first kappa shape index (κ1) is 8.30. The lowest BCUT2D eigenvalue weighted by Crippen LogP contribution is -2.14. The molecule has 0 amide bonds. The summed E-state index contributed by atoms with van der Waals surface area (Å²) in [6.07, 6.45) is 5.27. The van der Waals surface area contributed by atoms with Crippen molar-refractivity contribution >= 4 is 0 Å². The second-order valence-electron chi connectivity index (χ2n) is 2.37. The third-order valence-corrected chi connectivity index (χ3v) is 1.52. The zero-order chi connectivity index (χ0) is 8.10. The van der Waals surface area contributed by atoms with Crippen LogP contribution >= 0.6 is 0 Å². The van der Waals surface area contributed by atoms with Gasteiger partial charge < -0.3 is 9.84 Å². The first-order valence-electron chi connectivity index (χ1n) is 3.62. The minimum absolute atomic E-state index is 0.103. The molecule has 0 aromatic carbocycles. The quantitative estimate of drug-likeness (QED) is 0.660. The number of ether oxygens (including phenoxy) is 1. The SMILES string of the molecule is [O]CCCC1=CC=COC1O. The molecule has 61 valence electrons. The van der Waals surface area contributed by atoms with Crippen LogP contribution in [0.25, 0.3) is 0 Å². The molecular weight excluding hydrogens is 144 g/mol. The van der Waals surface area contributed by atoms with Gasteiger partial charge in [-0.05, 0) is 24.5 Å². The lowest BCUT2D eigenvalue weighted by Gasteiger charge is -2.16. The number of hydrogen-bond donors (Lipinski definition) is 1. The molecule has 0 saturated carbocycles. The average molecular weight is 155 g/mol. The zero-order valence-corrected chi connectivity index (χ0v) is 6.19. The Morgan fingerprint density at radius 2 is 2.45 bits per heavy atom. The van der Waals surface area contributed by atoms with E-state index in [9.17, 15) is 5.11 Å². The molecular formula is C8H11O3. The maximum atomic E-state index is 10.1. The lowest BCUT2D eigenvalue weighted by molar-refractivity contribution is -0.0260. The number of hydrogen-bond acceptors (Lipinski definition) is 2. The second-order valence-corrected chi connectivity index (χ2v) is 2.37.